The van der Waals surface area contributed by atoms with Gasteiger partial charge < -0.3 is 19.8 Å². The molecule has 31 heavy (non-hydrogen) atoms. The highest BCUT2D eigenvalue weighted by Gasteiger charge is 2.18. The topological polar surface area (TPSA) is 98.0 Å². The number of benzene rings is 1. The number of morpholine rings is 1. The van der Waals surface area contributed by atoms with Crippen LogP contribution in [0.3, 0.4) is 0 Å². The number of hydrogen-bond donors (Lipinski definition) is 1. The highest BCUT2D eigenvalue weighted by atomic mass is 16.5. The van der Waals surface area contributed by atoms with Crippen molar-refractivity contribution in [1.82, 2.24) is 24.5 Å². The monoisotopic (exact) mass is 419 g/mol. The van der Waals surface area contributed by atoms with Crippen molar-refractivity contribution in [2.75, 3.05) is 50.0 Å². The van der Waals surface area contributed by atoms with Crippen molar-refractivity contribution in [2.45, 2.75) is 6.54 Å². The summed E-state index contributed by atoms with van der Waals surface area (Å²) in [5, 5.41) is 4.44. The maximum absolute atomic E-state index is 6.33. The van der Waals surface area contributed by atoms with E-state index in [2.05, 4.69) is 44.1 Å². The lowest BCUT2D eigenvalue weighted by Crippen LogP contribution is -2.41. The first kappa shape index (κ1) is 19.5. The Bertz CT molecular complexity index is 1120. The van der Waals surface area contributed by atoms with E-state index in [1.54, 1.807) is 16.8 Å². The van der Waals surface area contributed by atoms with Crippen molar-refractivity contribution in [3.63, 3.8) is 0 Å². The third kappa shape index (κ3) is 4.37. The van der Waals surface area contributed by atoms with Gasteiger partial charge in [-0.05, 0) is 17.7 Å². The second-order valence-electron chi connectivity index (χ2n) is 7.52. The number of rotatable bonds is 7. The third-order valence-electron chi connectivity index (χ3n) is 5.40. The van der Waals surface area contributed by atoms with Gasteiger partial charge in [0.25, 0.3) is 5.78 Å². The molecule has 4 aromatic rings. The first-order valence-corrected chi connectivity index (χ1v) is 10.4. The Kier molecular flexibility index (Phi) is 5.51. The molecule has 0 amide bonds. The van der Waals surface area contributed by atoms with Gasteiger partial charge in [0.15, 0.2) is 5.76 Å². The minimum atomic E-state index is 0.450. The molecule has 9 nitrogen and oxygen atoms in total. The summed E-state index contributed by atoms with van der Waals surface area (Å²) in [5.74, 6) is 2.75. The Labute approximate surface area is 180 Å². The van der Waals surface area contributed by atoms with Crippen LogP contribution in [0, 0.1) is 0 Å². The minimum absolute atomic E-state index is 0.450. The number of hydrogen-bond acceptors (Lipinski definition) is 8. The maximum atomic E-state index is 6.33. The fourth-order valence-electron chi connectivity index (χ4n) is 3.72. The number of nitrogens with zero attached hydrogens (tertiary/aromatic N) is 6. The van der Waals surface area contributed by atoms with E-state index in [1.807, 2.05) is 18.2 Å². The van der Waals surface area contributed by atoms with Gasteiger partial charge in [-0.1, -0.05) is 30.3 Å². The van der Waals surface area contributed by atoms with Crippen LogP contribution in [0.5, 0.6) is 0 Å². The van der Waals surface area contributed by atoms with Crippen LogP contribution in [0.2, 0.25) is 0 Å². The molecular weight excluding hydrogens is 394 g/mol. The summed E-state index contributed by atoms with van der Waals surface area (Å²) >= 11 is 0. The van der Waals surface area contributed by atoms with Gasteiger partial charge in [-0.2, -0.15) is 14.5 Å². The number of nitrogens with two attached hydrogens (primary N) is 1. The first-order valence-electron chi connectivity index (χ1n) is 10.4. The average molecular weight is 419 g/mol. The van der Waals surface area contributed by atoms with Gasteiger partial charge >= 0.3 is 0 Å². The molecule has 1 aliphatic heterocycles. The zero-order valence-corrected chi connectivity index (χ0v) is 17.2. The highest BCUT2D eigenvalue weighted by Crippen LogP contribution is 2.22. The van der Waals surface area contributed by atoms with Gasteiger partial charge in [0.1, 0.15) is 11.6 Å². The number of anilines is 2. The molecule has 1 fully saturated rings. The summed E-state index contributed by atoms with van der Waals surface area (Å²) in [6.45, 7) is 5.93. The molecule has 0 spiro atoms. The summed E-state index contributed by atoms with van der Waals surface area (Å²) in [4.78, 5) is 14.0. The molecular formula is C22H25N7O2. The smallest absolute Gasteiger partial charge is 0.256 e. The van der Waals surface area contributed by atoms with Crippen LogP contribution >= 0.6 is 0 Å². The van der Waals surface area contributed by atoms with Crippen LogP contribution in [0.15, 0.2) is 59.2 Å². The van der Waals surface area contributed by atoms with E-state index < -0.39 is 0 Å². The van der Waals surface area contributed by atoms with Crippen LogP contribution in [-0.4, -0.2) is 63.9 Å². The molecule has 2 N–H and O–H groups in total. The van der Waals surface area contributed by atoms with Crippen LogP contribution in [0.4, 0.5) is 11.6 Å². The number of nitrogen functional groups attached to an aromatic ring is 1. The largest absolute Gasteiger partial charge is 0.461 e. The Hall–Kier alpha value is -3.43. The molecule has 3 aromatic heterocycles. The van der Waals surface area contributed by atoms with Gasteiger partial charge in [0.05, 0.1) is 19.5 Å². The van der Waals surface area contributed by atoms with E-state index in [-0.39, 0.29) is 0 Å². The van der Waals surface area contributed by atoms with Crippen molar-refractivity contribution >= 4 is 17.4 Å². The molecule has 1 saturated heterocycles. The summed E-state index contributed by atoms with van der Waals surface area (Å²) in [7, 11) is 0. The van der Waals surface area contributed by atoms with Gasteiger partial charge in [-0.15, -0.1) is 5.10 Å². The second-order valence-corrected chi connectivity index (χ2v) is 7.52. The number of aromatic nitrogens is 4. The van der Waals surface area contributed by atoms with Crippen molar-refractivity contribution < 1.29 is 9.15 Å². The van der Waals surface area contributed by atoms with Crippen LogP contribution in [0.1, 0.15) is 5.56 Å². The normalized spacial score (nSPS) is 14.8. The van der Waals surface area contributed by atoms with E-state index in [0.29, 0.717) is 23.2 Å². The van der Waals surface area contributed by atoms with Gasteiger partial charge in [0.2, 0.25) is 5.82 Å². The summed E-state index contributed by atoms with van der Waals surface area (Å²) in [6.07, 6.45) is 1.59. The maximum Gasteiger partial charge on any atom is 0.256 e. The van der Waals surface area contributed by atoms with E-state index >= 15 is 0 Å². The molecule has 0 unspecified atom stereocenters. The lowest BCUT2D eigenvalue weighted by atomic mass is 10.2. The van der Waals surface area contributed by atoms with Crippen LogP contribution in [-0.2, 0) is 11.3 Å². The Balaban J connectivity index is 1.44. The van der Waals surface area contributed by atoms with Crippen molar-refractivity contribution in [2.24, 2.45) is 0 Å². The quantitative estimate of drug-likeness (QED) is 0.487. The van der Waals surface area contributed by atoms with Gasteiger partial charge in [0, 0.05) is 38.8 Å². The lowest BCUT2D eigenvalue weighted by molar-refractivity contribution is 0.0391. The molecule has 0 bridgehead atoms. The predicted octanol–water partition coefficient (Wildman–Crippen LogP) is 2.31. The molecule has 0 saturated carbocycles. The molecule has 1 aliphatic rings. The minimum Gasteiger partial charge on any atom is -0.461 e. The number of ether oxygens (including phenoxy) is 1. The Morgan fingerprint density at radius 3 is 2.65 bits per heavy atom. The first-order chi connectivity index (χ1) is 15.3. The Morgan fingerprint density at radius 1 is 1.03 bits per heavy atom. The Morgan fingerprint density at radius 2 is 1.87 bits per heavy atom. The number of furan rings is 1. The molecule has 4 heterocycles. The van der Waals surface area contributed by atoms with Crippen molar-refractivity contribution in [3.8, 4) is 11.6 Å². The predicted molar refractivity (Wildman–Crippen MR) is 118 cm³/mol. The SMILES string of the molecule is Nc1cc(N(CCN2CCOCC2)Cc2ccccc2)nc2nc(-c3ccco3)nn12. The van der Waals surface area contributed by atoms with Crippen molar-refractivity contribution in [3.05, 3.63) is 60.4 Å². The third-order valence-corrected chi connectivity index (χ3v) is 5.40. The van der Waals surface area contributed by atoms with Gasteiger partial charge in [-0.25, -0.2) is 0 Å². The van der Waals surface area contributed by atoms with Crippen LogP contribution < -0.4 is 10.6 Å². The van der Waals surface area contributed by atoms with E-state index in [0.717, 1.165) is 51.8 Å². The molecule has 9 heteroatoms. The zero-order valence-electron chi connectivity index (χ0n) is 17.2. The van der Waals surface area contributed by atoms with Gasteiger partial charge in [-0.3, -0.25) is 4.90 Å². The molecule has 160 valence electrons. The van der Waals surface area contributed by atoms with E-state index in [4.69, 9.17) is 19.9 Å². The molecule has 1 aromatic carbocycles. The fourth-order valence-corrected chi connectivity index (χ4v) is 3.72. The molecule has 0 aliphatic carbocycles. The summed E-state index contributed by atoms with van der Waals surface area (Å²) < 4.78 is 12.4. The summed E-state index contributed by atoms with van der Waals surface area (Å²) in [5.41, 5.74) is 7.54. The zero-order chi connectivity index (χ0) is 21.0. The van der Waals surface area contributed by atoms with Crippen molar-refractivity contribution in [1.29, 1.82) is 0 Å². The molecule has 0 radical (unpaired) electrons. The lowest BCUT2D eigenvalue weighted by Gasteiger charge is -2.30. The van der Waals surface area contributed by atoms with E-state index in [1.165, 1.54) is 5.56 Å². The summed E-state index contributed by atoms with van der Waals surface area (Å²) in [6, 6.07) is 15.8. The average Bonchev–Trinajstić information content (AvgIpc) is 3.48. The highest BCUT2D eigenvalue weighted by molar-refractivity contribution is 5.57. The standard InChI is InChI=1S/C22H25N7O2/c23-19-15-20(24-22-25-21(26-29(19)22)18-7-4-12-31-18)28(16-17-5-2-1-3-6-17)9-8-27-10-13-30-14-11-27/h1-7,12,15H,8-11,13-14,16,23H2. The molecule has 5 rings (SSSR count). The van der Waals surface area contributed by atoms with E-state index in [9.17, 15) is 0 Å². The second kappa shape index (κ2) is 8.75. The molecule has 0 atom stereocenters. The fraction of sp³-hybridized carbons (Fsp3) is 0.318. The number of fused-ring (bicyclic) bond motifs is 1. The van der Waals surface area contributed by atoms with Crippen LogP contribution in [0.25, 0.3) is 17.4 Å².